The zero-order valence-corrected chi connectivity index (χ0v) is 13.6. The predicted molar refractivity (Wildman–Crippen MR) is 89.3 cm³/mol. The van der Waals surface area contributed by atoms with E-state index in [2.05, 4.69) is 31.8 Å². The van der Waals surface area contributed by atoms with Crippen molar-refractivity contribution in [1.82, 2.24) is 4.98 Å². The number of aromatic nitrogens is 1. The van der Waals surface area contributed by atoms with Crippen molar-refractivity contribution in [3.05, 3.63) is 59.4 Å². The molecule has 0 saturated carbocycles. The van der Waals surface area contributed by atoms with E-state index in [0.717, 1.165) is 12.1 Å². The summed E-state index contributed by atoms with van der Waals surface area (Å²) < 4.78 is 0. The number of rotatable bonds is 1. The highest BCUT2D eigenvalue weighted by molar-refractivity contribution is 6.07. The number of fused-ring (bicyclic) bond motifs is 1. The maximum atomic E-state index is 13.1. The van der Waals surface area contributed by atoms with Crippen molar-refractivity contribution in [2.24, 2.45) is 0 Å². The Kier molecular flexibility index (Phi) is 3.65. The molecule has 0 radical (unpaired) electrons. The summed E-state index contributed by atoms with van der Waals surface area (Å²) in [5, 5.41) is 9.01. The number of hydrogen-bond acceptors (Lipinski definition) is 3. The van der Waals surface area contributed by atoms with Gasteiger partial charge in [-0.2, -0.15) is 5.26 Å². The third-order valence-corrected chi connectivity index (χ3v) is 4.44. The number of anilines is 1. The van der Waals surface area contributed by atoms with Gasteiger partial charge in [0.1, 0.15) is 11.8 Å². The Morgan fingerprint density at radius 2 is 2.09 bits per heavy atom. The molecule has 0 bridgehead atoms. The van der Waals surface area contributed by atoms with Gasteiger partial charge in [-0.05, 0) is 49.9 Å². The second-order valence-electron chi connectivity index (χ2n) is 6.66. The summed E-state index contributed by atoms with van der Waals surface area (Å²) in [5.41, 5.74) is 2.61. The summed E-state index contributed by atoms with van der Waals surface area (Å²) in [4.78, 5) is 18.9. The zero-order valence-electron chi connectivity index (χ0n) is 13.6. The van der Waals surface area contributed by atoms with Crippen molar-refractivity contribution in [2.75, 3.05) is 4.90 Å². The standard InChI is InChI=1S/C19H19N3O/c1-13-11-19(2,3)22(17-7-5-4-6-16(13)17)18(23)14-8-9-21-15(10-14)12-20/h4-10,13H,11H2,1-3H3. The van der Waals surface area contributed by atoms with Crippen LogP contribution < -0.4 is 4.90 Å². The first-order valence-corrected chi connectivity index (χ1v) is 7.73. The highest BCUT2D eigenvalue weighted by Crippen LogP contribution is 2.43. The molecule has 3 rings (SSSR count). The Morgan fingerprint density at radius 3 is 2.83 bits per heavy atom. The van der Waals surface area contributed by atoms with E-state index >= 15 is 0 Å². The number of para-hydroxylation sites is 1. The average molecular weight is 305 g/mol. The molecule has 1 amide bonds. The lowest BCUT2D eigenvalue weighted by atomic mass is 9.80. The topological polar surface area (TPSA) is 57.0 Å². The number of carbonyl (C=O) groups excluding carboxylic acids is 1. The number of benzene rings is 1. The quantitative estimate of drug-likeness (QED) is 0.803. The molecule has 0 spiro atoms. The van der Waals surface area contributed by atoms with E-state index < -0.39 is 0 Å². The zero-order chi connectivity index (χ0) is 16.6. The summed E-state index contributed by atoms with van der Waals surface area (Å²) in [6.45, 7) is 6.37. The number of hydrogen-bond donors (Lipinski definition) is 0. The second-order valence-corrected chi connectivity index (χ2v) is 6.66. The van der Waals surface area contributed by atoms with Gasteiger partial charge in [-0.25, -0.2) is 4.98 Å². The maximum Gasteiger partial charge on any atom is 0.258 e. The van der Waals surface area contributed by atoms with Crippen LogP contribution in [0.1, 0.15) is 54.7 Å². The van der Waals surface area contributed by atoms with Gasteiger partial charge < -0.3 is 4.90 Å². The first kappa shape index (κ1) is 15.2. The van der Waals surface area contributed by atoms with Crippen LogP contribution in [0, 0.1) is 11.3 Å². The highest BCUT2D eigenvalue weighted by atomic mass is 16.2. The minimum atomic E-state index is -0.291. The molecule has 0 aliphatic carbocycles. The fourth-order valence-corrected chi connectivity index (χ4v) is 3.52. The number of nitrogens with zero attached hydrogens (tertiary/aromatic N) is 3. The van der Waals surface area contributed by atoms with Crippen LogP contribution in [0.2, 0.25) is 0 Å². The van der Waals surface area contributed by atoms with Crippen molar-refractivity contribution < 1.29 is 4.79 Å². The Hall–Kier alpha value is -2.67. The van der Waals surface area contributed by atoms with E-state index in [4.69, 9.17) is 5.26 Å². The molecule has 1 aromatic carbocycles. The van der Waals surface area contributed by atoms with Crippen LogP contribution in [0.3, 0.4) is 0 Å². The fourth-order valence-electron chi connectivity index (χ4n) is 3.52. The molecule has 116 valence electrons. The number of amides is 1. The van der Waals surface area contributed by atoms with E-state index in [9.17, 15) is 4.79 Å². The van der Waals surface area contributed by atoms with Gasteiger partial charge in [0.2, 0.25) is 0 Å². The van der Waals surface area contributed by atoms with E-state index in [1.165, 1.54) is 11.8 Å². The molecule has 1 aromatic heterocycles. The lowest BCUT2D eigenvalue weighted by Crippen LogP contribution is -2.51. The van der Waals surface area contributed by atoms with E-state index in [1.54, 1.807) is 12.1 Å². The van der Waals surface area contributed by atoms with Crippen molar-refractivity contribution in [3.63, 3.8) is 0 Å². The third-order valence-electron chi connectivity index (χ3n) is 4.44. The molecule has 4 nitrogen and oxygen atoms in total. The summed E-state index contributed by atoms with van der Waals surface area (Å²) in [6.07, 6.45) is 2.41. The number of carbonyl (C=O) groups is 1. The van der Waals surface area contributed by atoms with Crippen LogP contribution in [0.4, 0.5) is 5.69 Å². The van der Waals surface area contributed by atoms with Crippen molar-refractivity contribution >= 4 is 11.6 Å². The van der Waals surface area contributed by atoms with Crippen LogP contribution in [-0.4, -0.2) is 16.4 Å². The third kappa shape index (κ3) is 2.59. The SMILES string of the molecule is CC1CC(C)(C)N(C(=O)c2ccnc(C#N)c2)c2ccccc21. The van der Waals surface area contributed by atoms with Gasteiger partial charge in [0, 0.05) is 23.0 Å². The van der Waals surface area contributed by atoms with Crippen LogP contribution >= 0.6 is 0 Å². The normalized spacial score (nSPS) is 18.9. The predicted octanol–water partition coefficient (Wildman–Crippen LogP) is 3.89. The Morgan fingerprint density at radius 1 is 1.35 bits per heavy atom. The Balaban J connectivity index is 2.11. The van der Waals surface area contributed by atoms with Gasteiger partial charge in [0.05, 0.1) is 0 Å². The summed E-state index contributed by atoms with van der Waals surface area (Å²) in [7, 11) is 0. The molecule has 1 unspecified atom stereocenters. The molecule has 0 N–H and O–H groups in total. The minimum absolute atomic E-state index is 0.0896. The minimum Gasteiger partial charge on any atom is -0.303 e. The Labute approximate surface area is 136 Å². The molecule has 1 atom stereocenters. The smallest absolute Gasteiger partial charge is 0.258 e. The van der Waals surface area contributed by atoms with Crippen molar-refractivity contribution in [3.8, 4) is 6.07 Å². The van der Waals surface area contributed by atoms with Gasteiger partial charge >= 0.3 is 0 Å². The van der Waals surface area contributed by atoms with Crippen molar-refractivity contribution in [1.29, 1.82) is 5.26 Å². The molecule has 23 heavy (non-hydrogen) atoms. The average Bonchev–Trinajstić information content (AvgIpc) is 2.54. The lowest BCUT2D eigenvalue weighted by Gasteiger charge is -2.46. The first-order chi connectivity index (χ1) is 10.9. The maximum absolute atomic E-state index is 13.1. The van der Waals surface area contributed by atoms with E-state index in [0.29, 0.717) is 11.5 Å². The molecule has 4 heteroatoms. The molecular formula is C19H19N3O. The van der Waals surface area contributed by atoms with Crippen LogP contribution in [0.25, 0.3) is 0 Å². The summed E-state index contributed by atoms with van der Waals surface area (Å²) >= 11 is 0. The van der Waals surface area contributed by atoms with Gasteiger partial charge in [-0.1, -0.05) is 25.1 Å². The van der Waals surface area contributed by atoms with E-state index in [-0.39, 0.29) is 17.1 Å². The van der Waals surface area contributed by atoms with Crippen LogP contribution in [0.5, 0.6) is 0 Å². The molecule has 2 heterocycles. The van der Waals surface area contributed by atoms with Crippen LogP contribution in [-0.2, 0) is 0 Å². The number of pyridine rings is 1. The lowest BCUT2D eigenvalue weighted by molar-refractivity contribution is 0.0953. The first-order valence-electron chi connectivity index (χ1n) is 7.73. The fraction of sp³-hybridized carbons (Fsp3) is 0.316. The number of nitriles is 1. The molecule has 0 fully saturated rings. The summed E-state index contributed by atoms with van der Waals surface area (Å²) in [6, 6.07) is 13.3. The Bertz CT molecular complexity index is 804. The molecule has 0 saturated heterocycles. The van der Waals surface area contributed by atoms with Crippen LogP contribution in [0.15, 0.2) is 42.6 Å². The largest absolute Gasteiger partial charge is 0.303 e. The molecule has 1 aliphatic rings. The van der Waals surface area contributed by atoms with Gasteiger partial charge in [0.15, 0.2) is 0 Å². The van der Waals surface area contributed by atoms with Crippen molar-refractivity contribution in [2.45, 2.75) is 38.6 Å². The van der Waals surface area contributed by atoms with Gasteiger partial charge in [0.25, 0.3) is 5.91 Å². The second kappa shape index (κ2) is 5.51. The van der Waals surface area contributed by atoms with Gasteiger partial charge in [-0.3, -0.25) is 4.79 Å². The summed E-state index contributed by atoms with van der Waals surface area (Å²) in [5.74, 6) is 0.311. The molecule has 1 aliphatic heterocycles. The van der Waals surface area contributed by atoms with Gasteiger partial charge in [-0.15, -0.1) is 0 Å². The highest BCUT2D eigenvalue weighted by Gasteiger charge is 2.40. The molecule has 2 aromatic rings. The monoisotopic (exact) mass is 305 g/mol. The molecular weight excluding hydrogens is 286 g/mol. The van der Waals surface area contributed by atoms with E-state index in [1.807, 2.05) is 29.2 Å².